The van der Waals surface area contributed by atoms with Crippen LogP contribution < -0.4 is 5.32 Å². The van der Waals surface area contributed by atoms with E-state index in [1.54, 1.807) is 0 Å². The quantitative estimate of drug-likeness (QED) is 0.809. The van der Waals surface area contributed by atoms with E-state index in [2.05, 4.69) is 68.7 Å². The van der Waals surface area contributed by atoms with Crippen molar-refractivity contribution in [3.63, 3.8) is 0 Å². The van der Waals surface area contributed by atoms with Gasteiger partial charge in [0.25, 0.3) is 0 Å². The molecule has 1 saturated heterocycles. The van der Waals surface area contributed by atoms with Gasteiger partial charge in [0, 0.05) is 6.54 Å². The van der Waals surface area contributed by atoms with Crippen LogP contribution in [0.3, 0.4) is 0 Å². The van der Waals surface area contributed by atoms with E-state index in [1.165, 1.54) is 23.6 Å². The first-order chi connectivity index (χ1) is 9.63. The van der Waals surface area contributed by atoms with Crippen LogP contribution >= 0.6 is 27.7 Å². The molecule has 2 unspecified atom stereocenters. The van der Waals surface area contributed by atoms with Gasteiger partial charge in [0.2, 0.25) is 0 Å². The van der Waals surface area contributed by atoms with Gasteiger partial charge in [-0.05, 0) is 60.4 Å². The van der Waals surface area contributed by atoms with Crippen LogP contribution in [0.1, 0.15) is 25.1 Å². The lowest BCUT2D eigenvalue weighted by molar-refractivity contribution is 0.340. The maximum atomic E-state index is 4.56. The van der Waals surface area contributed by atoms with Gasteiger partial charge in [-0.1, -0.05) is 6.92 Å². The van der Waals surface area contributed by atoms with E-state index >= 15 is 0 Å². The van der Waals surface area contributed by atoms with Crippen LogP contribution in [-0.2, 0) is 6.54 Å². The zero-order valence-corrected chi connectivity index (χ0v) is 15.0. The Morgan fingerprint density at radius 3 is 3.00 bits per heavy atom. The Balaban J connectivity index is 2.19. The van der Waals surface area contributed by atoms with E-state index in [1.807, 2.05) is 6.20 Å². The van der Waals surface area contributed by atoms with Crippen LogP contribution in [-0.4, -0.2) is 53.4 Å². The number of likely N-dealkylation sites (N-methyl/N-ethyl adjacent to an activating group) is 1. The summed E-state index contributed by atoms with van der Waals surface area (Å²) in [5, 5.41) is 8.24. The summed E-state index contributed by atoms with van der Waals surface area (Å²) in [5.74, 6) is 3.25. The van der Waals surface area contributed by atoms with E-state index < -0.39 is 0 Å². The molecular weight excluding hydrogens is 336 g/mol. The average Bonchev–Trinajstić information content (AvgIpc) is 3.04. The van der Waals surface area contributed by atoms with Crippen molar-refractivity contribution in [2.45, 2.75) is 25.9 Å². The second-order valence-corrected chi connectivity index (χ2v) is 7.57. The molecule has 20 heavy (non-hydrogen) atoms. The summed E-state index contributed by atoms with van der Waals surface area (Å²) in [5.41, 5.74) is 1.32. The Morgan fingerprint density at radius 2 is 2.40 bits per heavy atom. The van der Waals surface area contributed by atoms with E-state index in [-0.39, 0.29) is 0 Å². The molecule has 2 atom stereocenters. The van der Waals surface area contributed by atoms with Crippen molar-refractivity contribution >= 4 is 27.7 Å². The third-order valence-electron chi connectivity index (χ3n) is 3.75. The molecule has 6 heteroatoms. The second-order valence-electron chi connectivity index (χ2n) is 5.56. The minimum atomic E-state index is 0.411. The van der Waals surface area contributed by atoms with Crippen LogP contribution in [0.4, 0.5) is 0 Å². The molecule has 1 fully saturated rings. The fourth-order valence-electron chi connectivity index (χ4n) is 2.68. The normalized spacial score (nSPS) is 20.8. The number of hydrogen-bond acceptors (Lipinski definition) is 4. The maximum Gasteiger partial charge on any atom is 0.0699 e. The fourth-order valence-corrected chi connectivity index (χ4v) is 4.52. The zero-order valence-electron chi connectivity index (χ0n) is 12.6. The van der Waals surface area contributed by atoms with Gasteiger partial charge in [0.05, 0.1) is 29.0 Å². The molecule has 1 aliphatic heterocycles. The predicted molar refractivity (Wildman–Crippen MR) is 90.3 cm³/mol. The molecule has 1 aliphatic rings. The minimum Gasteiger partial charge on any atom is -0.309 e. The van der Waals surface area contributed by atoms with E-state index in [0.717, 1.165) is 24.1 Å². The van der Waals surface area contributed by atoms with Gasteiger partial charge in [-0.2, -0.15) is 16.9 Å². The van der Waals surface area contributed by atoms with Crippen molar-refractivity contribution in [1.82, 2.24) is 20.0 Å². The first-order valence-electron chi connectivity index (χ1n) is 7.30. The van der Waals surface area contributed by atoms with Crippen molar-refractivity contribution in [2.24, 2.45) is 5.92 Å². The molecule has 0 spiro atoms. The lowest BCUT2D eigenvalue weighted by Gasteiger charge is -2.26. The summed E-state index contributed by atoms with van der Waals surface area (Å²) in [7, 11) is 4.21. The molecule has 114 valence electrons. The van der Waals surface area contributed by atoms with Crippen molar-refractivity contribution in [1.29, 1.82) is 0 Å². The summed E-state index contributed by atoms with van der Waals surface area (Å²) < 4.78 is 3.31. The molecule has 1 aromatic heterocycles. The van der Waals surface area contributed by atoms with Gasteiger partial charge >= 0.3 is 0 Å². The van der Waals surface area contributed by atoms with Gasteiger partial charge in [-0.25, -0.2) is 0 Å². The molecule has 0 aromatic carbocycles. The number of rotatable bonds is 7. The fraction of sp³-hybridized carbons (Fsp3) is 0.786. The number of aromatic nitrogens is 2. The van der Waals surface area contributed by atoms with Crippen molar-refractivity contribution in [2.75, 3.05) is 38.7 Å². The highest BCUT2D eigenvalue weighted by Gasteiger charge is 2.30. The number of nitrogens with zero attached hydrogens (tertiary/aromatic N) is 3. The van der Waals surface area contributed by atoms with Gasteiger partial charge < -0.3 is 10.2 Å². The largest absolute Gasteiger partial charge is 0.309 e. The van der Waals surface area contributed by atoms with Crippen LogP contribution in [0.25, 0.3) is 0 Å². The summed E-state index contributed by atoms with van der Waals surface area (Å²) in [6.07, 6.45) is 3.24. The molecule has 0 aliphatic carbocycles. The summed E-state index contributed by atoms with van der Waals surface area (Å²) >= 11 is 5.77. The highest BCUT2D eigenvalue weighted by Crippen LogP contribution is 2.36. The minimum absolute atomic E-state index is 0.411. The van der Waals surface area contributed by atoms with Crippen LogP contribution in [0.15, 0.2) is 10.7 Å². The lowest BCUT2D eigenvalue weighted by Crippen LogP contribution is -2.32. The van der Waals surface area contributed by atoms with Crippen molar-refractivity contribution in [3.05, 3.63) is 16.4 Å². The predicted octanol–water partition coefficient (Wildman–Crippen LogP) is 2.61. The van der Waals surface area contributed by atoms with Crippen LogP contribution in [0.2, 0.25) is 0 Å². The monoisotopic (exact) mass is 360 g/mol. The summed E-state index contributed by atoms with van der Waals surface area (Å²) in [6, 6.07) is 0.411. The molecule has 4 nitrogen and oxygen atoms in total. The first-order valence-corrected chi connectivity index (χ1v) is 9.25. The maximum absolute atomic E-state index is 4.56. The Morgan fingerprint density at radius 1 is 1.60 bits per heavy atom. The molecule has 1 N–H and O–H groups in total. The molecule has 0 bridgehead atoms. The molecule has 0 saturated carbocycles. The van der Waals surface area contributed by atoms with E-state index in [4.69, 9.17) is 0 Å². The number of halogens is 1. The third kappa shape index (κ3) is 4.00. The standard InChI is InChI=1S/C14H25BrN4S/c1-4-16-13(11-5-8-20-10-11)14-12(15)9-17-19(14)7-6-18(2)3/h9,11,13,16H,4-8,10H2,1-3H3. The Kier molecular flexibility index (Phi) is 6.39. The SMILES string of the molecule is CCNC(c1c(Br)cnn1CCN(C)C)C1CCSC1. The van der Waals surface area contributed by atoms with Crippen molar-refractivity contribution in [3.8, 4) is 0 Å². The number of thioether (sulfide) groups is 1. The number of hydrogen-bond donors (Lipinski definition) is 1. The molecule has 2 heterocycles. The molecule has 2 rings (SSSR count). The Labute approximate surface area is 134 Å². The summed E-state index contributed by atoms with van der Waals surface area (Å²) in [4.78, 5) is 2.20. The van der Waals surface area contributed by atoms with Gasteiger partial charge in [0.1, 0.15) is 0 Å². The molecule has 1 aromatic rings. The highest BCUT2D eigenvalue weighted by atomic mass is 79.9. The summed E-state index contributed by atoms with van der Waals surface area (Å²) in [6.45, 7) is 5.13. The van der Waals surface area contributed by atoms with Crippen LogP contribution in [0.5, 0.6) is 0 Å². The van der Waals surface area contributed by atoms with Gasteiger partial charge in [-0.15, -0.1) is 0 Å². The van der Waals surface area contributed by atoms with Gasteiger partial charge in [0.15, 0.2) is 0 Å². The van der Waals surface area contributed by atoms with E-state index in [9.17, 15) is 0 Å². The topological polar surface area (TPSA) is 33.1 Å². The smallest absolute Gasteiger partial charge is 0.0699 e. The van der Waals surface area contributed by atoms with Gasteiger partial charge in [-0.3, -0.25) is 4.68 Å². The lowest BCUT2D eigenvalue weighted by atomic mass is 9.96. The van der Waals surface area contributed by atoms with Crippen LogP contribution in [0, 0.1) is 5.92 Å². The first kappa shape index (κ1) is 16.3. The van der Waals surface area contributed by atoms with Crippen molar-refractivity contribution < 1.29 is 0 Å². The number of nitrogens with one attached hydrogen (secondary N) is 1. The molecule has 0 radical (unpaired) electrons. The Hall–Kier alpha value is -0.0400. The molecular formula is C14H25BrN4S. The van der Waals surface area contributed by atoms with E-state index in [0.29, 0.717) is 12.0 Å². The Bertz CT molecular complexity index is 415. The highest BCUT2D eigenvalue weighted by molar-refractivity contribution is 9.10. The third-order valence-corrected chi connectivity index (χ3v) is 5.55. The second kappa shape index (κ2) is 7.82. The average molecular weight is 361 g/mol. The molecule has 0 amide bonds. The zero-order chi connectivity index (χ0) is 14.5.